The van der Waals surface area contributed by atoms with Crippen LogP contribution in [0.25, 0.3) is 6.08 Å². The number of aryl methyl sites for hydroxylation is 1. The summed E-state index contributed by atoms with van der Waals surface area (Å²) in [5.74, 6) is -0.0600. The second-order valence-corrected chi connectivity index (χ2v) is 10.0. The number of rotatable bonds is 12. The molecule has 1 fully saturated rings. The van der Waals surface area contributed by atoms with E-state index in [-0.39, 0.29) is 11.5 Å². The summed E-state index contributed by atoms with van der Waals surface area (Å²) in [5.41, 5.74) is 1.98. The quantitative estimate of drug-likeness (QED) is 0.189. The molecule has 2 aromatic carbocycles. The van der Waals surface area contributed by atoms with E-state index in [0.717, 1.165) is 18.4 Å². The van der Waals surface area contributed by atoms with Crippen LogP contribution in [0.1, 0.15) is 66.9 Å². The fourth-order valence-electron chi connectivity index (χ4n) is 3.78. The molecule has 0 radical (unpaired) electrons. The third-order valence-corrected chi connectivity index (χ3v) is 7.05. The number of anilines is 1. The number of thioether (sulfide) groups is 1. The van der Waals surface area contributed by atoms with Crippen LogP contribution in [0.15, 0.2) is 41.3 Å². The number of thiocarbonyl (C=S) groups is 1. The van der Waals surface area contributed by atoms with Crippen molar-refractivity contribution in [3.8, 4) is 11.5 Å². The summed E-state index contributed by atoms with van der Waals surface area (Å²) < 4.78 is 11.8. The van der Waals surface area contributed by atoms with E-state index in [9.17, 15) is 14.7 Å². The van der Waals surface area contributed by atoms with Gasteiger partial charge in [-0.3, -0.25) is 9.69 Å². The van der Waals surface area contributed by atoms with E-state index in [1.807, 2.05) is 18.2 Å². The minimum absolute atomic E-state index is 0.141. The molecule has 0 aliphatic carbocycles. The summed E-state index contributed by atoms with van der Waals surface area (Å²) in [6.45, 7) is 4.56. The van der Waals surface area contributed by atoms with Crippen molar-refractivity contribution >= 4 is 51.9 Å². The van der Waals surface area contributed by atoms with Crippen LogP contribution in [-0.4, -0.2) is 35.0 Å². The number of amides is 1. The standard InChI is InChI=1S/C27H31NO5S2/c1-4-5-6-7-8-9-14-33-22-13-11-19(15-23(22)32-3)16-24-25(29)28(27(34)35-24)20-12-10-18(2)21(17-20)26(30)31/h10-13,15-17H,4-9,14H2,1-3H3,(H,30,31)/b24-16-. The molecule has 6 nitrogen and oxygen atoms in total. The van der Waals surface area contributed by atoms with Crippen molar-refractivity contribution < 1.29 is 24.2 Å². The van der Waals surface area contributed by atoms with Crippen LogP contribution in [0.4, 0.5) is 5.69 Å². The van der Waals surface area contributed by atoms with E-state index >= 15 is 0 Å². The summed E-state index contributed by atoms with van der Waals surface area (Å²) in [4.78, 5) is 26.5. The van der Waals surface area contributed by atoms with E-state index in [0.29, 0.717) is 38.6 Å². The molecule has 0 unspecified atom stereocenters. The first-order chi connectivity index (χ1) is 16.8. The van der Waals surface area contributed by atoms with Gasteiger partial charge in [0.25, 0.3) is 5.91 Å². The number of aromatic carboxylic acids is 1. The van der Waals surface area contributed by atoms with Crippen LogP contribution in [0, 0.1) is 6.92 Å². The van der Waals surface area contributed by atoms with Crippen molar-refractivity contribution in [3.63, 3.8) is 0 Å². The molecule has 0 spiro atoms. The van der Waals surface area contributed by atoms with Gasteiger partial charge in [-0.25, -0.2) is 4.79 Å². The predicted octanol–water partition coefficient (Wildman–Crippen LogP) is 6.85. The highest BCUT2D eigenvalue weighted by Crippen LogP contribution is 2.37. The molecular formula is C27H31NO5S2. The van der Waals surface area contributed by atoms with Gasteiger partial charge in [0.05, 0.1) is 29.9 Å². The number of hydrogen-bond donors (Lipinski definition) is 1. The van der Waals surface area contributed by atoms with Crippen LogP contribution >= 0.6 is 24.0 Å². The zero-order chi connectivity index (χ0) is 25.4. The van der Waals surface area contributed by atoms with Crippen molar-refractivity contribution in [2.24, 2.45) is 0 Å². The van der Waals surface area contributed by atoms with Crippen molar-refractivity contribution in [1.29, 1.82) is 0 Å². The van der Waals surface area contributed by atoms with Crippen molar-refractivity contribution in [3.05, 3.63) is 58.0 Å². The third-order valence-electron chi connectivity index (χ3n) is 5.74. The summed E-state index contributed by atoms with van der Waals surface area (Å²) in [5, 5.41) is 9.42. The van der Waals surface area contributed by atoms with Crippen molar-refractivity contribution in [1.82, 2.24) is 0 Å². The van der Waals surface area contributed by atoms with E-state index in [1.165, 1.54) is 48.4 Å². The Hall–Kier alpha value is -2.84. The van der Waals surface area contributed by atoms with Crippen LogP contribution in [0.2, 0.25) is 0 Å². The fraction of sp³-hybridized carbons (Fsp3) is 0.370. The van der Waals surface area contributed by atoms with E-state index < -0.39 is 5.97 Å². The number of carbonyl (C=O) groups excluding carboxylic acids is 1. The first-order valence-electron chi connectivity index (χ1n) is 11.8. The summed E-state index contributed by atoms with van der Waals surface area (Å²) >= 11 is 6.61. The lowest BCUT2D eigenvalue weighted by Crippen LogP contribution is -2.27. The molecule has 2 aromatic rings. The average Bonchev–Trinajstić information content (AvgIpc) is 3.11. The SMILES string of the molecule is CCCCCCCCOc1ccc(/C=C2\SC(=S)N(c3ccc(C)c(C(=O)O)c3)C2=O)cc1OC. The van der Waals surface area contributed by atoms with Crippen LogP contribution in [-0.2, 0) is 4.79 Å². The van der Waals surface area contributed by atoms with Gasteiger partial charge in [0.1, 0.15) is 0 Å². The molecule has 35 heavy (non-hydrogen) atoms. The zero-order valence-electron chi connectivity index (χ0n) is 20.3. The largest absolute Gasteiger partial charge is 0.493 e. The van der Waals surface area contributed by atoms with Crippen molar-refractivity contribution in [2.45, 2.75) is 52.4 Å². The number of hydrogen-bond acceptors (Lipinski definition) is 6. The molecule has 0 aromatic heterocycles. The topological polar surface area (TPSA) is 76.1 Å². The smallest absolute Gasteiger partial charge is 0.336 e. The Morgan fingerprint density at radius 2 is 1.83 bits per heavy atom. The Labute approximate surface area is 216 Å². The van der Waals surface area contributed by atoms with Crippen LogP contribution in [0.3, 0.4) is 0 Å². The summed E-state index contributed by atoms with van der Waals surface area (Å²) in [6.07, 6.45) is 8.92. The molecule has 0 saturated carbocycles. The number of ether oxygens (including phenoxy) is 2. The molecule has 0 atom stereocenters. The van der Waals surface area contributed by atoms with Gasteiger partial charge in [0, 0.05) is 0 Å². The maximum atomic E-state index is 13.1. The van der Waals surface area contributed by atoms with Gasteiger partial charge in [-0.1, -0.05) is 75.1 Å². The van der Waals surface area contributed by atoms with Crippen LogP contribution in [0.5, 0.6) is 11.5 Å². The lowest BCUT2D eigenvalue weighted by atomic mass is 10.1. The molecule has 1 heterocycles. The number of carbonyl (C=O) groups is 2. The highest BCUT2D eigenvalue weighted by Gasteiger charge is 2.33. The van der Waals surface area contributed by atoms with Gasteiger partial charge < -0.3 is 14.6 Å². The van der Waals surface area contributed by atoms with E-state index in [1.54, 1.807) is 32.2 Å². The molecule has 1 saturated heterocycles. The van der Waals surface area contributed by atoms with Gasteiger partial charge in [-0.15, -0.1) is 0 Å². The van der Waals surface area contributed by atoms with Gasteiger partial charge in [-0.05, 0) is 54.8 Å². The third kappa shape index (κ3) is 6.86. The van der Waals surface area contributed by atoms with Gasteiger partial charge in [-0.2, -0.15) is 0 Å². The predicted molar refractivity (Wildman–Crippen MR) is 146 cm³/mol. The Bertz CT molecular complexity index is 1130. The first kappa shape index (κ1) is 26.8. The average molecular weight is 514 g/mol. The molecule has 1 N–H and O–H groups in total. The Morgan fingerprint density at radius 3 is 2.54 bits per heavy atom. The monoisotopic (exact) mass is 513 g/mol. The number of benzene rings is 2. The van der Waals surface area contributed by atoms with Crippen molar-refractivity contribution in [2.75, 3.05) is 18.6 Å². The second kappa shape index (κ2) is 12.7. The maximum Gasteiger partial charge on any atom is 0.336 e. The Balaban J connectivity index is 1.70. The normalized spacial score (nSPS) is 14.6. The highest BCUT2D eigenvalue weighted by atomic mass is 32.2. The number of carboxylic acids is 1. The number of methoxy groups -OCH3 is 1. The summed E-state index contributed by atoms with van der Waals surface area (Å²) in [7, 11) is 1.59. The summed E-state index contributed by atoms with van der Waals surface area (Å²) in [6, 6.07) is 10.4. The highest BCUT2D eigenvalue weighted by molar-refractivity contribution is 8.27. The van der Waals surface area contributed by atoms with E-state index in [4.69, 9.17) is 21.7 Å². The van der Waals surface area contributed by atoms with Gasteiger partial charge in [0.15, 0.2) is 15.8 Å². The molecule has 1 amide bonds. The van der Waals surface area contributed by atoms with Gasteiger partial charge >= 0.3 is 5.97 Å². The number of carboxylic acid groups (broad SMARTS) is 1. The molecule has 1 aliphatic rings. The molecule has 3 rings (SSSR count). The molecular weight excluding hydrogens is 482 g/mol. The molecule has 186 valence electrons. The lowest BCUT2D eigenvalue weighted by molar-refractivity contribution is -0.113. The minimum atomic E-state index is -1.05. The lowest BCUT2D eigenvalue weighted by Gasteiger charge is -2.16. The number of nitrogens with zero attached hydrogens (tertiary/aromatic N) is 1. The second-order valence-electron chi connectivity index (χ2n) is 8.35. The van der Waals surface area contributed by atoms with Gasteiger partial charge in [0.2, 0.25) is 0 Å². The zero-order valence-corrected chi connectivity index (χ0v) is 22.0. The van der Waals surface area contributed by atoms with Crippen LogP contribution < -0.4 is 14.4 Å². The minimum Gasteiger partial charge on any atom is -0.493 e. The molecule has 8 heteroatoms. The first-order valence-corrected chi connectivity index (χ1v) is 13.0. The Kier molecular flexibility index (Phi) is 9.74. The molecule has 0 bridgehead atoms. The maximum absolute atomic E-state index is 13.1. The fourth-order valence-corrected chi connectivity index (χ4v) is 5.08. The van der Waals surface area contributed by atoms with E-state index in [2.05, 4.69) is 6.92 Å². The number of unbranched alkanes of at least 4 members (excludes halogenated alkanes) is 5. The molecule has 1 aliphatic heterocycles. The Morgan fingerprint density at radius 1 is 1.09 bits per heavy atom.